The summed E-state index contributed by atoms with van der Waals surface area (Å²) in [6.45, 7) is 2.09. The van der Waals surface area contributed by atoms with Gasteiger partial charge in [0, 0.05) is 0 Å². The van der Waals surface area contributed by atoms with E-state index >= 15 is 0 Å². The second-order valence-electron chi connectivity index (χ2n) is 7.11. The van der Waals surface area contributed by atoms with Crippen LogP contribution >= 0.6 is 24.0 Å². The van der Waals surface area contributed by atoms with Crippen molar-refractivity contribution in [3.8, 4) is 11.5 Å². The number of benzene rings is 1. The first kappa shape index (κ1) is 25.2. The average molecular weight is 468 g/mol. The number of hydrogen-bond acceptors (Lipinski definition) is 7. The van der Waals surface area contributed by atoms with E-state index < -0.39 is 24.5 Å². The standard InChI is InChI=1S/C22H29NO6S2/c1-3-4-5-6-7-8-11-29-17-10-9-15(12-18(17)28-2)13-19-20(25)23(22(30)31-19)16(14-24)21(26)27/h9-10,12-13,16,24H,3-8,11,14H2,1-2H3,(H,26,27)/b19-13-/t16-/m0/s1. The molecule has 1 aliphatic heterocycles. The van der Waals surface area contributed by atoms with Crippen LogP contribution in [0.4, 0.5) is 0 Å². The molecule has 31 heavy (non-hydrogen) atoms. The van der Waals surface area contributed by atoms with Crippen molar-refractivity contribution in [2.75, 3.05) is 20.3 Å². The molecule has 1 aromatic carbocycles. The summed E-state index contributed by atoms with van der Waals surface area (Å²) >= 11 is 6.15. The molecule has 0 aliphatic carbocycles. The van der Waals surface area contributed by atoms with Crippen molar-refractivity contribution >= 4 is 46.3 Å². The maximum Gasteiger partial charge on any atom is 0.329 e. The van der Waals surface area contributed by atoms with Gasteiger partial charge in [0.1, 0.15) is 4.32 Å². The molecular formula is C22H29NO6S2. The Hall–Kier alpha value is -2.10. The summed E-state index contributed by atoms with van der Waals surface area (Å²) in [5, 5.41) is 18.5. The summed E-state index contributed by atoms with van der Waals surface area (Å²) in [5.74, 6) is -0.673. The number of rotatable bonds is 13. The number of amides is 1. The highest BCUT2D eigenvalue weighted by molar-refractivity contribution is 8.26. The molecule has 0 spiro atoms. The Morgan fingerprint density at radius 3 is 2.58 bits per heavy atom. The number of methoxy groups -OCH3 is 1. The van der Waals surface area contributed by atoms with Gasteiger partial charge in [0.05, 0.1) is 25.2 Å². The minimum absolute atomic E-state index is 0.101. The molecule has 1 atom stereocenters. The van der Waals surface area contributed by atoms with Crippen molar-refractivity contribution in [1.82, 2.24) is 4.90 Å². The zero-order chi connectivity index (χ0) is 22.8. The largest absolute Gasteiger partial charge is 0.493 e. The van der Waals surface area contributed by atoms with Crippen LogP contribution in [0.2, 0.25) is 0 Å². The third-order valence-electron chi connectivity index (χ3n) is 4.83. The number of unbranched alkanes of at least 4 members (excludes halogenated alkanes) is 5. The first-order valence-corrected chi connectivity index (χ1v) is 11.6. The molecule has 1 aliphatic rings. The van der Waals surface area contributed by atoms with Gasteiger partial charge in [0.25, 0.3) is 5.91 Å². The lowest BCUT2D eigenvalue weighted by Gasteiger charge is -2.20. The molecule has 0 bridgehead atoms. The Labute approximate surface area is 192 Å². The zero-order valence-electron chi connectivity index (χ0n) is 17.8. The SMILES string of the molecule is CCCCCCCCOc1ccc(/C=C2\SC(=S)N([C@@H](CO)C(=O)O)C2=O)cc1OC. The highest BCUT2D eigenvalue weighted by Crippen LogP contribution is 2.35. The van der Waals surface area contributed by atoms with Crippen LogP contribution < -0.4 is 9.47 Å². The van der Waals surface area contributed by atoms with Crippen LogP contribution in [0.5, 0.6) is 11.5 Å². The topological polar surface area (TPSA) is 96.3 Å². The summed E-state index contributed by atoms with van der Waals surface area (Å²) in [6.07, 6.45) is 8.70. The highest BCUT2D eigenvalue weighted by atomic mass is 32.2. The number of aliphatic hydroxyl groups excluding tert-OH is 1. The Bertz CT molecular complexity index is 826. The molecule has 1 aromatic rings. The van der Waals surface area contributed by atoms with E-state index in [1.54, 1.807) is 31.4 Å². The summed E-state index contributed by atoms with van der Waals surface area (Å²) in [7, 11) is 1.55. The van der Waals surface area contributed by atoms with Gasteiger partial charge in [0.2, 0.25) is 0 Å². The number of carbonyl (C=O) groups excluding carboxylic acids is 1. The molecular weight excluding hydrogens is 438 g/mol. The third-order valence-corrected chi connectivity index (χ3v) is 6.16. The number of hydrogen-bond donors (Lipinski definition) is 2. The van der Waals surface area contributed by atoms with Crippen molar-refractivity contribution < 1.29 is 29.3 Å². The van der Waals surface area contributed by atoms with Crippen LogP contribution in [0.3, 0.4) is 0 Å². The van der Waals surface area contributed by atoms with Crippen LogP contribution in [0, 0.1) is 0 Å². The second-order valence-corrected chi connectivity index (χ2v) is 8.79. The van der Waals surface area contributed by atoms with Crippen LogP contribution in [0.15, 0.2) is 23.1 Å². The predicted octanol–water partition coefficient (Wildman–Crippen LogP) is 4.08. The van der Waals surface area contributed by atoms with E-state index in [1.807, 2.05) is 0 Å². The highest BCUT2D eigenvalue weighted by Gasteiger charge is 2.40. The molecule has 2 N–H and O–H groups in total. The molecule has 170 valence electrons. The van der Waals surface area contributed by atoms with Gasteiger partial charge in [-0.05, 0) is 30.2 Å². The quantitative estimate of drug-likeness (QED) is 0.254. The summed E-state index contributed by atoms with van der Waals surface area (Å²) in [4.78, 5) is 25.1. The van der Waals surface area contributed by atoms with Gasteiger partial charge >= 0.3 is 5.97 Å². The predicted molar refractivity (Wildman–Crippen MR) is 125 cm³/mol. The molecule has 1 saturated heterocycles. The van der Waals surface area contributed by atoms with Crippen molar-refractivity contribution in [2.45, 2.75) is 51.5 Å². The van der Waals surface area contributed by atoms with Crippen LogP contribution in [-0.4, -0.2) is 57.7 Å². The molecule has 0 aromatic heterocycles. The van der Waals surface area contributed by atoms with E-state index in [4.69, 9.17) is 21.7 Å². The first-order chi connectivity index (χ1) is 14.9. The Balaban J connectivity index is 2.04. The van der Waals surface area contributed by atoms with Crippen molar-refractivity contribution in [2.24, 2.45) is 0 Å². The number of nitrogens with zero attached hydrogens (tertiary/aromatic N) is 1. The average Bonchev–Trinajstić information content (AvgIpc) is 3.02. The van der Waals surface area contributed by atoms with Gasteiger partial charge in [-0.3, -0.25) is 9.69 Å². The van der Waals surface area contributed by atoms with Crippen LogP contribution in [-0.2, 0) is 9.59 Å². The van der Waals surface area contributed by atoms with Gasteiger partial charge < -0.3 is 19.7 Å². The first-order valence-electron chi connectivity index (χ1n) is 10.3. The van der Waals surface area contributed by atoms with Gasteiger partial charge in [-0.25, -0.2) is 4.79 Å². The molecule has 7 nitrogen and oxygen atoms in total. The number of carboxylic acid groups (broad SMARTS) is 1. The second kappa shape index (κ2) is 12.7. The summed E-state index contributed by atoms with van der Waals surface area (Å²) in [6, 6.07) is 3.94. The number of thioether (sulfide) groups is 1. The summed E-state index contributed by atoms with van der Waals surface area (Å²) in [5.41, 5.74) is 0.695. The number of carboxylic acids is 1. The Morgan fingerprint density at radius 1 is 1.23 bits per heavy atom. The number of aliphatic carboxylic acids is 1. The zero-order valence-corrected chi connectivity index (χ0v) is 19.5. The van der Waals surface area contributed by atoms with Crippen LogP contribution in [0.1, 0.15) is 51.0 Å². The Morgan fingerprint density at radius 2 is 1.94 bits per heavy atom. The fraction of sp³-hybridized carbons (Fsp3) is 0.500. The van der Waals surface area contributed by atoms with Gasteiger partial charge in [-0.15, -0.1) is 0 Å². The fourth-order valence-corrected chi connectivity index (χ4v) is 4.48. The minimum atomic E-state index is -1.40. The van der Waals surface area contributed by atoms with Crippen molar-refractivity contribution in [1.29, 1.82) is 0 Å². The number of carbonyl (C=O) groups is 2. The van der Waals surface area contributed by atoms with Gasteiger partial charge in [-0.1, -0.05) is 69.1 Å². The van der Waals surface area contributed by atoms with E-state index in [0.717, 1.165) is 29.5 Å². The molecule has 0 radical (unpaired) electrons. The minimum Gasteiger partial charge on any atom is -0.493 e. The molecule has 1 fully saturated rings. The Kier molecular flexibility index (Phi) is 10.3. The van der Waals surface area contributed by atoms with Crippen molar-refractivity contribution in [3.05, 3.63) is 28.7 Å². The molecule has 9 heteroatoms. The van der Waals surface area contributed by atoms with E-state index in [-0.39, 0.29) is 9.23 Å². The third kappa shape index (κ3) is 6.95. The van der Waals surface area contributed by atoms with Gasteiger partial charge in [-0.2, -0.15) is 0 Å². The molecule has 1 amide bonds. The monoisotopic (exact) mass is 467 g/mol. The molecule has 0 saturated carbocycles. The van der Waals surface area contributed by atoms with E-state index in [2.05, 4.69) is 6.92 Å². The number of thiocarbonyl (C=S) groups is 1. The van der Waals surface area contributed by atoms with E-state index in [9.17, 15) is 19.8 Å². The lowest BCUT2D eigenvalue weighted by Crippen LogP contribution is -2.46. The lowest BCUT2D eigenvalue weighted by molar-refractivity contribution is -0.146. The fourth-order valence-electron chi connectivity index (χ4n) is 3.13. The number of aliphatic hydroxyl groups is 1. The molecule has 0 unspecified atom stereocenters. The maximum absolute atomic E-state index is 12.6. The summed E-state index contributed by atoms with van der Waals surface area (Å²) < 4.78 is 11.4. The van der Waals surface area contributed by atoms with E-state index in [1.165, 1.54) is 25.7 Å². The lowest BCUT2D eigenvalue weighted by atomic mass is 10.1. The number of ether oxygens (including phenoxy) is 2. The van der Waals surface area contributed by atoms with Gasteiger partial charge in [0.15, 0.2) is 17.5 Å². The van der Waals surface area contributed by atoms with E-state index in [0.29, 0.717) is 23.7 Å². The maximum atomic E-state index is 12.6. The smallest absolute Gasteiger partial charge is 0.329 e. The van der Waals surface area contributed by atoms with Crippen LogP contribution in [0.25, 0.3) is 6.08 Å². The normalized spacial score (nSPS) is 16.1. The molecule has 1 heterocycles. The molecule has 2 rings (SSSR count). The van der Waals surface area contributed by atoms with Crippen molar-refractivity contribution in [3.63, 3.8) is 0 Å².